The number of halogens is 1. The molecular weight excluding hydrogens is 400 g/mol. The second-order valence-electron chi connectivity index (χ2n) is 5.52. The number of hydrogen-bond donors (Lipinski definition) is 2. The Balaban J connectivity index is 2.19. The van der Waals surface area contributed by atoms with E-state index in [0.717, 1.165) is 6.07 Å². The van der Waals surface area contributed by atoms with Gasteiger partial charge in [-0.1, -0.05) is 25.3 Å². The van der Waals surface area contributed by atoms with Crippen molar-refractivity contribution in [3.63, 3.8) is 0 Å². The third-order valence-electron chi connectivity index (χ3n) is 3.55. The van der Waals surface area contributed by atoms with Crippen LogP contribution in [0.4, 0.5) is 0 Å². The Labute approximate surface area is 179 Å². The van der Waals surface area contributed by atoms with Gasteiger partial charge in [0.25, 0.3) is 11.1 Å². The Bertz CT molecular complexity index is 1580. The summed E-state index contributed by atoms with van der Waals surface area (Å²) in [6, 6.07) is 1.07. The van der Waals surface area contributed by atoms with Crippen LogP contribution in [0.25, 0.3) is 5.69 Å². The van der Waals surface area contributed by atoms with E-state index in [2.05, 4.69) is 10.2 Å². The molecule has 0 aliphatic rings. The maximum atomic E-state index is 12.3. The lowest BCUT2D eigenvalue weighted by Gasteiger charge is -2.13. The summed E-state index contributed by atoms with van der Waals surface area (Å²) in [4.78, 5) is 38.0. The molecule has 0 aliphatic heterocycles. The van der Waals surface area contributed by atoms with Gasteiger partial charge in [-0.3, -0.25) is 14.6 Å². The molecule has 0 atom stereocenters. The van der Waals surface area contributed by atoms with Gasteiger partial charge in [0.1, 0.15) is 6.07 Å². The van der Waals surface area contributed by atoms with Gasteiger partial charge in [-0.2, -0.15) is 9.94 Å². The Morgan fingerprint density at radius 1 is 1.34 bits per heavy atom. The lowest BCUT2D eigenvalue weighted by Crippen LogP contribution is -2.33. The molecule has 0 spiro atoms. The maximum absolute atomic E-state index is 12.3. The number of nitriles is 1. The second kappa shape index (κ2) is 7.73. The predicted molar refractivity (Wildman–Crippen MR) is 104 cm³/mol. The van der Waals surface area contributed by atoms with Gasteiger partial charge in [-0.05, 0) is 30.5 Å². The van der Waals surface area contributed by atoms with Gasteiger partial charge >= 0.3 is 5.69 Å². The summed E-state index contributed by atoms with van der Waals surface area (Å²) in [5, 5.41) is 17.7. The Morgan fingerprint density at radius 2 is 2.10 bits per heavy atom. The largest absolute Gasteiger partial charge is 0.436 e. The Morgan fingerprint density at radius 3 is 2.79 bits per heavy atom. The first-order valence-corrected chi connectivity index (χ1v) is 8.07. The van der Waals surface area contributed by atoms with Crippen molar-refractivity contribution in [3.05, 3.63) is 71.2 Å². The zero-order chi connectivity index (χ0) is 28.0. The van der Waals surface area contributed by atoms with Crippen LogP contribution < -0.4 is 21.5 Å². The van der Waals surface area contributed by atoms with Crippen LogP contribution in [0.5, 0.6) is 11.6 Å². The first-order chi connectivity index (χ1) is 17.0. The highest BCUT2D eigenvalue weighted by atomic mass is 35.5. The van der Waals surface area contributed by atoms with Crippen LogP contribution in [0.2, 0.25) is 5.02 Å². The van der Waals surface area contributed by atoms with Crippen LogP contribution in [0, 0.1) is 18.3 Å². The van der Waals surface area contributed by atoms with E-state index in [1.54, 1.807) is 0 Å². The van der Waals surface area contributed by atoms with Crippen LogP contribution in [-0.4, -0.2) is 25.0 Å². The molecule has 2 aromatic heterocycles. The topological polar surface area (TPSA) is 147 Å². The summed E-state index contributed by atoms with van der Waals surface area (Å²) in [5.74, 6) is -3.04. The fraction of sp³-hybridized carbons (Fsp3) is 0.222. The standard InChI is InChI=1S/C18H15ClN6O4/c1-8(2)11-6-14(22-23-16(11)26)29-15-9(3)4-10(5-12(15)19)25-18(28)21-17(27)13(7-20)24-25/h4-6,8H,1-3H3,(H,23,26)(H,21,27,28)/i1D3,2D3,4D,5D. The van der Waals surface area contributed by atoms with E-state index in [0.29, 0.717) is 4.68 Å². The van der Waals surface area contributed by atoms with Crippen molar-refractivity contribution in [2.24, 2.45) is 0 Å². The number of H-pyrrole nitrogens is 2. The zero-order valence-electron chi connectivity index (χ0n) is 22.5. The van der Waals surface area contributed by atoms with Gasteiger partial charge in [0, 0.05) is 19.9 Å². The van der Waals surface area contributed by atoms with E-state index in [1.807, 2.05) is 10.1 Å². The quantitative estimate of drug-likeness (QED) is 0.650. The van der Waals surface area contributed by atoms with Gasteiger partial charge in [0.15, 0.2) is 5.75 Å². The van der Waals surface area contributed by atoms with Crippen LogP contribution in [0.15, 0.2) is 32.5 Å². The minimum atomic E-state index is -3.09. The first-order valence-electron chi connectivity index (χ1n) is 11.7. The minimum Gasteiger partial charge on any atom is -0.436 e. The monoisotopic (exact) mass is 422 g/mol. The number of nitrogens with zero attached hydrogens (tertiary/aromatic N) is 4. The summed E-state index contributed by atoms with van der Waals surface area (Å²) in [5.41, 5.74) is -5.27. The van der Waals surface area contributed by atoms with Gasteiger partial charge in [0.05, 0.1) is 13.5 Å². The summed E-state index contributed by atoms with van der Waals surface area (Å²) in [6.45, 7) is -4.88. The summed E-state index contributed by atoms with van der Waals surface area (Å²) in [7, 11) is 0. The van der Waals surface area contributed by atoms with Crippen LogP contribution >= 0.6 is 11.6 Å². The van der Waals surface area contributed by atoms with Crippen molar-refractivity contribution in [2.75, 3.05) is 0 Å². The Kier molecular flexibility index (Phi) is 3.19. The predicted octanol–water partition coefficient (Wildman–Crippen LogP) is 1.75. The van der Waals surface area contributed by atoms with Gasteiger partial charge < -0.3 is 4.74 Å². The molecule has 29 heavy (non-hydrogen) atoms. The van der Waals surface area contributed by atoms with Crippen LogP contribution in [0.3, 0.4) is 0 Å². The fourth-order valence-electron chi connectivity index (χ4n) is 2.22. The van der Waals surface area contributed by atoms with Gasteiger partial charge in [-0.15, -0.1) is 10.2 Å². The minimum absolute atomic E-state index is 0.0906. The third kappa shape index (κ3) is 3.95. The average Bonchev–Trinajstić information content (AvgIpc) is 2.77. The van der Waals surface area contributed by atoms with E-state index < -0.39 is 76.4 Å². The molecule has 0 amide bonds. The molecule has 0 bridgehead atoms. The lowest BCUT2D eigenvalue weighted by atomic mass is 10.1. The molecule has 3 rings (SSSR count). The van der Waals surface area contributed by atoms with E-state index in [-0.39, 0.29) is 11.3 Å². The summed E-state index contributed by atoms with van der Waals surface area (Å²) in [6.07, 6.45) is 0. The van der Waals surface area contributed by atoms with Gasteiger partial charge in [-0.25, -0.2) is 9.89 Å². The molecule has 3 aromatic rings. The SMILES string of the molecule is [2H]c1c(C)c(Oc2cc(C(C([2H])([2H])[2H])C([2H])([2H])[2H])c(=O)[nH]n2)c(Cl)c([2H])c1-n1nc(C#N)c(=O)[nH]c1=O. The molecule has 2 N–H and O–H groups in total. The number of rotatable bonds is 4. The number of aromatic amines is 2. The molecule has 11 heteroatoms. The molecule has 0 unspecified atom stereocenters. The van der Waals surface area contributed by atoms with Crippen molar-refractivity contribution in [3.8, 4) is 23.4 Å². The van der Waals surface area contributed by atoms with E-state index in [9.17, 15) is 14.4 Å². The fourth-order valence-corrected chi connectivity index (χ4v) is 2.49. The highest BCUT2D eigenvalue weighted by Crippen LogP contribution is 2.34. The normalized spacial score (nSPS) is 15.7. The molecule has 0 saturated carbocycles. The molecule has 2 heterocycles. The average molecular weight is 423 g/mol. The maximum Gasteiger partial charge on any atom is 0.349 e. The van der Waals surface area contributed by atoms with Crippen molar-refractivity contribution in [2.45, 2.75) is 26.5 Å². The molecule has 1 aromatic carbocycles. The summed E-state index contributed by atoms with van der Waals surface area (Å²) >= 11 is 6.26. The smallest absolute Gasteiger partial charge is 0.349 e. The molecule has 0 saturated heterocycles. The van der Waals surface area contributed by atoms with E-state index >= 15 is 0 Å². The summed E-state index contributed by atoms with van der Waals surface area (Å²) < 4.78 is 68.1. The van der Waals surface area contributed by atoms with E-state index in [1.165, 1.54) is 13.0 Å². The number of benzene rings is 1. The molecule has 10 nitrogen and oxygen atoms in total. The second-order valence-corrected chi connectivity index (χ2v) is 5.90. The molecule has 148 valence electrons. The number of nitrogens with one attached hydrogen (secondary N) is 2. The third-order valence-corrected chi connectivity index (χ3v) is 3.81. The van der Waals surface area contributed by atoms with Gasteiger partial charge in [0.2, 0.25) is 11.6 Å². The van der Waals surface area contributed by atoms with E-state index in [4.69, 9.17) is 32.6 Å². The highest BCUT2D eigenvalue weighted by molar-refractivity contribution is 6.32. The lowest BCUT2D eigenvalue weighted by molar-refractivity contribution is 0.449. The molecule has 0 radical (unpaired) electrons. The molecule has 0 fully saturated rings. The highest BCUT2D eigenvalue weighted by Gasteiger charge is 2.15. The number of hydrogen-bond acceptors (Lipinski definition) is 7. The van der Waals surface area contributed by atoms with Crippen molar-refractivity contribution < 1.29 is 15.7 Å². The van der Waals surface area contributed by atoms with Crippen molar-refractivity contribution in [1.82, 2.24) is 25.0 Å². The number of ether oxygens (including phenoxy) is 1. The molecule has 0 aliphatic carbocycles. The van der Waals surface area contributed by atoms with Crippen LogP contribution in [0.1, 0.15) is 47.4 Å². The zero-order valence-corrected chi connectivity index (χ0v) is 15.2. The number of aromatic nitrogens is 5. The molecular formula is C18H15ClN6O4. The van der Waals surface area contributed by atoms with Crippen molar-refractivity contribution >= 4 is 11.6 Å². The van der Waals surface area contributed by atoms with Crippen molar-refractivity contribution in [1.29, 1.82) is 5.26 Å². The van der Waals surface area contributed by atoms with Crippen LogP contribution in [-0.2, 0) is 0 Å². The Hall–Kier alpha value is -3.71. The first kappa shape index (κ1) is 12.0.